The van der Waals surface area contributed by atoms with E-state index in [1.54, 1.807) is 6.92 Å². The minimum absolute atomic E-state index is 0. The van der Waals surface area contributed by atoms with E-state index in [-0.39, 0.29) is 142 Å². The molecule has 0 aromatic rings. The highest BCUT2D eigenvalue weighted by molar-refractivity contribution is 5.96. The molecule has 59 heavy (non-hydrogen) atoms. The normalized spacial score (nSPS) is 44.5. The van der Waals surface area contributed by atoms with Crippen LogP contribution in [-0.4, -0.2) is 58.4 Å². The predicted octanol–water partition coefficient (Wildman–Crippen LogP) is 10.5. The van der Waals surface area contributed by atoms with Crippen LogP contribution in [0.15, 0.2) is 0 Å². The van der Waals surface area contributed by atoms with E-state index in [1.807, 2.05) is 20.8 Å². The van der Waals surface area contributed by atoms with E-state index in [4.69, 9.17) is 18.9 Å². The summed E-state index contributed by atoms with van der Waals surface area (Å²) in [6, 6.07) is 0. The molecule has 8 saturated carbocycles. The van der Waals surface area contributed by atoms with Crippen molar-refractivity contribution in [3.05, 3.63) is 0 Å². The topological polar surface area (TPSA) is 142 Å². The lowest BCUT2D eigenvalue weighted by atomic mass is 9.46. The van der Waals surface area contributed by atoms with Crippen LogP contribution in [0.3, 0.4) is 0 Å². The highest BCUT2D eigenvalue weighted by Crippen LogP contribution is 2.69. The zero-order valence-corrected chi connectivity index (χ0v) is 31.1. The Morgan fingerprint density at radius 3 is 2.00 bits per heavy atom. The second-order valence-electron chi connectivity index (χ2n) is 20.6. The summed E-state index contributed by atoms with van der Waals surface area (Å²) in [5.41, 5.74) is -4.71. The van der Waals surface area contributed by atoms with Gasteiger partial charge in [0.05, 0.1) is 40.8 Å². The summed E-state index contributed by atoms with van der Waals surface area (Å²) in [5.74, 6) is -1.73. The van der Waals surface area contributed by atoms with Crippen LogP contribution in [-0.2, 0) is 42.9 Å². The molecule has 10 aliphatic rings. The number of esters is 5. The highest BCUT2D eigenvalue weighted by Gasteiger charge is 2.71. The number of carbonyl (C=O) groups excluding carboxylic acids is 5. The largest absolute Gasteiger partial charge is 0.465 e. The first kappa shape index (κ1) is 54.5. The molecule has 0 spiro atoms. The molecule has 2 aliphatic heterocycles. The van der Waals surface area contributed by atoms with Crippen LogP contribution >= 0.6 is 0 Å². The van der Waals surface area contributed by atoms with Crippen LogP contribution in [0, 0.1) is 87.8 Å². The minimum atomic E-state index is -1.12. The maximum absolute atomic E-state index is 15.5. The summed E-state index contributed by atoms with van der Waals surface area (Å²) in [4.78, 5) is 68.4. The molecule has 8 aliphatic carbocycles. The molecule has 10 rings (SSSR count). The van der Waals surface area contributed by atoms with E-state index in [0.29, 0.717) is 51.6 Å². The molecule has 17 unspecified atom stereocenters. The fraction of sp³-hybridized carbons (Fsp3) is 0.898. The van der Waals surface area contributed by atoms with Crippen molar-refractivity contribution in [2.24, 2.45) is 87.8 Å². The molecule has 8 bridgehead atoms. The van der Waals surface area contributed by atoms with Gasteiger partial charge in [0.2, 0.25) is 0 Å². The number of carbonyl (C=O) groups is 5. The Balaban J connectivity index is 0.00000218. The Morgan fingerprint density at radius 2 is 1.41 bits per heavy atom. The Labute approximate surface area is 359 Å². The molecule has 2 saturated heterocycles. The van der Waals surface area contributed by atoms with E-state index in [2.05, 4.69) is 13.8 Å². The molecule has 0 aromatic heterocycles. The molecule has 2 heterocycles. The van der Waals surface area contributed by atoms with E-state index < -0.39 is 51.4 Å². The zero-order valence-electron chi connectivity index (χ0n) is 31.1. The monoisotopic (exact) mass is 837 g/mol. The van der Waals surface area contributed by atoms with Crippen LogP contribution in [0.25, 0.3) is 0 Å². The third-order valence-electron chi connectivity index (χ3n) is 16.4. The molecule has 0 aromatic carbocycles. The number of hydrogen-bond donors (Lipinski definition) is 1. The summed E-state index contributed by atoms with van der Waals surface area (Å²) in [5, 5.41) is 12.0. The van der Waals surface area contributed by atoms with Crippen LogP contribution in [0.2, 0.25) is 0 Å². The van der Waals surface area contributed by atoms with Crippen molar-refractivity contribution in [3.63, 3.8) is 0 Å². The number of fused-ring (bicyclic) bond motifs is 7. The Kier molecular flexibility index (Phi) is 16.0. The predicted molar refractivity (Wildman–Crippen MR) is 234 cm³/mol. The maximum atomic E-state index is 15.5. The molecular formula is C49H88O10. The van der Waals surface area contributed by atoms with Gasteiger partial charge in [0.25, 0.3) is 0 Å². The van der Waals surface area contributed by atoms with E-state index >= 15 is 4.79 Å². The molecule has 10 heteroatoms. The SMILES string of the molecule is C.C.C.C.C.C.C.C.CC1C(=O)OC(=O)C1C1C2CCC(C2)C1C(C)(CC1C(C)C2CC1C1COC(=O)C21)C(=O)OC12CC3CC(O)(C1)CC(C(=O)OC(C)(C)C)(C3)C2. The van der Waals surface area contributed by atoms with Crippen molar-refractivity contribution in [2.75, 3.05) is 6.61 Å². The van der Waals surface area contributed by atoms with Crippen molar-refractivity contribution >= 4 is 29.8 Å². The summed E-state index contributed by atoms with van der Waals surface area (Å²) in [6.45, 7) is 12.1. The number of hydrogen-bond acceptors (Lipinski definition) is 10. The Morgan fingerprint density at radius 1 is 0.763 bits per heavy atom. The molecule has 10 nitrogen and oxygen atoms in total. The molecule has 0 amide bonds. The van der Waals surface area contributed by atoms with Crippen molar-refractivity contribution in [2.45, 2.75) is 188 Å². The lowest BCUT2D eigenvalue weighted by Gasteiger charge is -2.63. The maximum Gasteiger partial charge on any atom is 0.317 e. The van der Waals surface area contributed by atoms with E-state index in [9.17, 15) is 24.3 Å². The highest BCUT2D eigenvalue weighted by atomic mass is 16.6. The number of ether oxygens (including phenoxy) is 4. The van der Waals surface area contributed by atoms with Gasteiger partial charge in [-0.05, 0) is 139 Å². The molecule has 0 radical (unpaired) electrons. The molecular weight excluding hydrogens is 749 g/mol. The Bertz CT molecular complexity index is 1580. The van der Waals surface area contributed by atoms with Crippen molar-refractivity contribution in [1.82, 2.24) is 0 Å². The standard InChI is InChI=1S/C41H56O10.8CH4/c1-19-24-10-25(27-15-48-33(43)30(24)27)26(19)14-38(6,31-23-8-7-22(9-23)29(31)28-20(2)32(42)49-34(28)44)35(45)51-41-13-21-11-39(17-41,16-40(47,12-21)18-41)36(46)50-37(3,4)5;;;;;;;;/h19-31,47H,7-18H2,1-6H3;8*1H4. The van der Waals surface area contributed by atoms with Crippen molar-refractivity contribution in [1.29, 1.82) is 0 Å². The summed E-state index contributed by atoms with van der Waals surface area (Å²) < 4.78 is 23.7. The first-order valence-corrected chi connectivity index (χ1v) is 20.0. The fourth-order valence-electron chi connectivity index (χ4n) is 15.2. The first-order valence-electron chi connectivity index (χ1n) is 20.0. The van der Waals surface area contributed by atoms with Gasteiger partial charge in [-0.15, -0.1) is 0 Å². The van der Waals surface area contributed by atoms with Gasteiger partial charge in [-0.25, -0.2) is 0 Å². The average Bonchev–Trinajstić information content (AvgIpc) is 3.85. The van der Waals surface area contributed by atoms with Crippen molar-refractivity contribution < 1.29 is 48.0 Å². The number of aliphatic hydroxyl groups is 1. The van der Waals surface area contributed by atoms with Crippen LogP contribution in [0.5, 0.6) is 0 Å². The molecule has 17 atom stereocenters. The molecule has 344 valence electrons. The van der Waals surface area contributed by atoms with Crippen molar-refractivity contribution in [3.8, 4) is 0 Å². The van der Waals surface area contributed by atoms with E-state index in [0.717, 1.165) is 25.7 Å². The second-order valence-corrected chi connectivity index (χ2v) is 20.6. The molecule has 10 fully saturated rings. The van der Waals surface area contributed by atoms with Gasteiger partial charge in [0, 0.05) is 18.8 Å². The van der Waals surface area contributed by atoms with Crippen LogP contribution < -0.4 is 0 Å². The number of cyclic esters (lactones) is 3. The van der Waals surface area contributed by atoms with Gasteiger partial charge in [-0.1, -0.05) is 73.3 Å². The quantitative estimate of drug-likeness (QED) is 0.150. The van der Waals surface area contributed by atoms with Gasteiger partial charge in [0.1, 0.15) is 11.2 Å². The average molecular weight is 837 g/mol. The molecule has 1 N–H and O–H groups in total. The Hall–Kier alpha value is -2.49. The smallest absolute Gasteiger partial charge is 0.317 e. The van der Waals surface area contributed by atoms with Crippen LogP contribution in [0.4, 0.5) is 0 Å². The number of rotatable bonds is 7. The zero-order chi connectivity index (χ0) is 36.2. The third-order valence-corrected chi connectivity index (χ3v) is 16.4. The summed E-state index contributed by atoms with van der Waals surface area (Å²) in [6.07, 6.45) is 7.15. The lowest BCUT2D eigenvalue weighted by molar-refractivity contribution is -0.256. The van der Waals surface area contributed by atoms with Gasteiger partial charge in [0.15, 0.2) is 0 Å². The first-order chi connectivity index (χ1) is 23.8. The van der Waals surface area contributed by atoms with Gasteiger partial charge in [-0.2, -0.15) is 0 Å². The summed E-state index contributed by atoms with van der Waals surface area (Å²) >= 11 is 0. The summed E-state index contributed by atoms with van der Waals surface area (Å²) in [7, 11) is 0. The third kappa shape index (κ3) is 7.94. The second kappa shape index (κ2) is 17.3. The van der Waals surface area contributed by atoms with Crippen LogP contribution in [0.1, 0.15) is 172 Å². The van der Waals surface area contributed by atoms with Gasteiger partial charge >= 0.3 is 29.8 Å². The lowest BCUT2D eigenvalue weighted by Crippen LogP contribution is -2.67. The minimum Gasteiger partial charge on any atom is -0.465 e. The van der Waals surface area contributed by atoms with E-state index in [1.165, 1.54) is 0 Å². The fourth-order valence-corrected chi connectivity index (χ4v) is 15.2. The van der Waals surface area contributed by atoms with Gasteiger partial charge < -0.3 is 24.1 Å². The van der Waals surface area contributed by atoms with Gasteiger partial charge in [-0.3, -0.25) is 24.0 Å².